The largest absolute Gasteiger partial charge is 0.508 e. The number of aromatic hydroxyl groups is 1. The second kappa shape index (κ2) is 5.87. The van der Waals surface area contributed by atoms with Crippen molar-refractivity contribution in [3.05, 3.63) is 29.8 Å². The Morgan fingerprint density at radius 3 is 2.61 bits per heavy atom. The molecule has 0 bridgehead atoms. The van der Waals surface area contributed by atoms with Crippen molar-refractivity contribution >= 4 is 5.91 Å². The minimum absolute atomic E-state index is 0.0548. The quantitative estimate of drug-likeness (QED) is 0.765. The van der Waals surface area contributed by atoms with Crippen LogP contribution in [0.3, 0.4) is 0 Å². The highest BCUT2D eigenvalue weighted by atomic mass is 16.3. The van der Waals surface area contributed by atoms with E-state index in [2.05, 4.69) is 10.6 Å². The minimum atomic E-state index is -0.119. The van der Waals surface area contributed by atoms with Gasteiger partial charge in [0.15, 0.2) is 0 Å². The lowest BCUT2D eigenvalue weighted by atomic mass is 10.1. The van der Waals surface area contributed by atoms with E-state index in [1.807, 2.05) is 33.8 Å². The van der Waals surface area contributed by atoms with Crippen molar-refractivity contribution in [1.82, 2.24) is 10.6 Å². The van der Waals surface area contributed by atoms with E-state index in [1.165, 1.54) is 0 Å². The number of hydrogen-bond donors (Lipinski definition) is 3. The van der Waals surface area contributed by atoms with Gasteiger partial charge in [0, 0.05) is 5.54 Å². The Bertz CT molecular complexity index is 411. The Hall–Kier alpha value is -1.55. The van der Waals surface area contributed by atoms with Gasteiger partial charge in [0.2, 0.25) is 5.91 Å². The summed E-state index contributed by atoms with van der Waals surface area (Å²) in [6, 6.07) is 6.79. The van der Waals surface area contributed by atoms with Gasteiger partial charge in [0.1, 0.15) is 5.75 Å². The predicted molar refractivity (Wildman–Crippen MR) is 72.4 cm³/mol. The molecule has 0 heterocycles. The average Bonchev–Trinajstić information content (AvgIpc) is 2.25. The maximum atomic E-state index is 11.7. The Kier molecular flexibility index (Phi) is 4.73. The van der Waals surface area contributed by atoms with Gasteiger partial charge in [-0.05, 0) is 45.4 Å². The van der Waals surface area contributed by atoms with E-state index in [9.17, 15) is 9.90 Å². The van der Waals surface area contributed by atoms with Crippen molar-refractivity contribution in [3.63, 3.8) is 0 Å². The van der Waals surface area contributed by atoms with Crippen LogP contribution in [-0.2, 0) is 4.79 Å². The molecule has 1 aromatic carbocycles. The third kappa shape index (κ3) is 5.19. The monoisotopic (exact) mass is 250 g/mol. The standard InChI is InChI=1S/C14H22N2O2/c1-10(11-6-5-7-12(17)8-11)16-13(18)9-15-14(2,3)4/h5-8,10,15,17H,9H2,1-4H3,(H,16,18). The van der Waals surface area contributed by atoms with E-state index in [0.29, 0.717) is 0 Å². The molecule has 100 valence electrons. The van der Waals surface area contributed by atoms with E-state index < -0.39 is 0 Å². The first-order valence-electron chi connectivity index (χ1n) is 6.11. The number of phenols is 1. The van der Waals surface area contributed by atoms with Crippen LogP contribution in [0.1, 0.15) is 39.3 Å². The molecule has 1 rings (SSSR count). The molecule has 4 heteroatoms. The molecule has 0 aliphatic rings. The van der Waals surface area contributed by atoms with Crippen molar-refractivity contribution < 1.29 is 9.90 Å². The van der Waals surface area contributed by atoms with Crippen molar-refractivity contribution in [2.75, 3.05) is 6.54 Å². The second-order valence-electron chi connectivity index (χ2n) is 5.49. The molecule has 0 saturated carbocycles. The van der Waals surface area contributed by atoms with Crippen LogP contribution < -0.4 is 10.6 Å². The average molecular weight is 250 g/mol. The summed E-state index contributed by atoms with van der Waals surface area (Å²) in [6.07, 6.45) is 0. The zero-order valence-electron chi connectivity index (χ0n) is 11.4. The first-order valence-corrected chi connectivity index (χ1v) is 6.11. The number of hydrogen-bond acceptors (Lipinski definition) is 3. The molecule has 18 heavy (non-hydrogen) atoms. The molecule has 1 atom stereocenters. The zero-order chi connectivity index (χ0) is 13.8. The highest BCUT2D eigenvalue weighted by Gasteiger charge is 2.13. The summed E-state index contributed by atoms with van der Waals surface area (Å²) in [5, 5.41) is 15.4. The summed E-state index contributed by atoms with van der Waals surface area (Å²) in [5.74, 6) is 0.155. The van der Waals surface area contributed by atoms with Gasteiger partial charge >= 0.3 is 0 Å². The Morgan fingerprint density at radius 2 is 2.06 bits per heavy atom. The predicted octanol–water partition coefficient (Wildman–Crippen LogP) is 1.96. The Balaban J connectivity index is 2.50. The number of nitrogens with one attached hydrogen (secondary N) is 2. The van der Waals surface area contributed by atoms with E-state index in [1.54, 1.807) is 18.2 Å². The number of carbonyl (C=O) groups is 1. The second-order valence-corrected chi connectivity index (χ2v) is 5.49. The lowest BCUT2D eigenvalue weighted by Gasteiger charge is -2.21. The van der Waals surface area contributed by atoms with Gasteiger partial charge in [-0.1, -0.05) is 12.1 Å². The molecular formula is C14H22N2O2. The summed E-state index contributed by atoms with van der Waals surface area (Å²) in [6.45, 7) is 8.22. The van der Waals surface area contributed by atoms with E-state index >= 15 is 0 Å². The number of carbonyl (C=O) groups excluding carboxylic acids is 1. The maximum absolute atomic E-state index is 11.7. The van der Waals surface area contributed by atoms with Crippen LogP contribution in [0, 0.1) is 0 Å². The van der Waals surface area contributed by atoms with Crippen LogP contribution in [0.2, 0.25) is 0 Å². The highest BCUT2D eigenvalue weighted by Crippen LogP contribution is 2.17. The summed E-state index contributed by atoms with van der Waals surface area (Å²) < 4.78 is 0. The lowest BCUT2D eigenvalue weighted by Crippen LogP contribution is -2.43. The summed E-state index contributed by atoms with van der Waals surface area (Å²) in [4.78, 5) is 11.7. The van der Waals surface area contributed by atoms with Crippen molar-refractivity contribution in [3.8, 4) is 5.75 Å². The van der Waals surface area contributed by atoms with Gasteiger partial charge in [-0.25, -0.2) is 0 Å². The van der Waals surface area contributed by atoms with Gasteiger partial charge < -0.3 is 15.7 Å². The lowest BCUT2D eigenvalue weighted by molar-refractivity contribution is -0.121. The molecule has 1 aromatic rings. The van der Waals surface area contributed by atoms with Gasteiger partial charge in [-0.3, -0.25) is 4.79 Å². The molecule has 1 amide bonds. The first kappa shape index (κ1) is 14.5. The summed E-state index contributed by atoms with van der Waals surface area (Å²) in [5.41, 5.74) is 0.810. The molecule has 1 unspecified atom stereocenters. The minimum Gasteiger partial charge on any atom is -0.508 e. The number of benzene rings is 1. The summed E-state index contributed by atoms with van der Waals surface area (Å²) >= 11 is 0. The molecular weight excluding hydrogens is 228 g/mol. The van der Waals surface area contributed by atoms with E-state index in [-0.39, 0.29) is 29.8 Å². The molecule has 0 radical (unpaired) electrons. The van der Waals surface area contributed by atoms with Gasteiger partial charge in [0.25, 0.3) is 0 Å². The molecule has 0 aromatic heterocycles. The van der Waals surface area contributed by atoms with Crippen LogP contribution in [0.15, 0.2) is 24.3 Å². The topological polar surface area (TPSA) is 61.4 Å². The van der Waals surface area contributed by atoms with Crippen LogP contribution in [0.5, 0.6) is 5.75 Å². The molecule has 0 saturated heterocycles. The van der Waals surface area contributed by atoms with Crippen LogP contribution in [0.4, 0.5) is 0 Å². The molecule has 0 fully saturated rings. The van der Waals surface area contributed by atoms with Crippen molar-refractivity contribution in [2.45, 2.75) is 39.3 Å². The van der Waals surface area contributed by atoms with E-state index in [4.69, 9.17) is 0 Å². The smallest absolute Gasteiger partial charge is 0.234 e. The van der Waals surface area contributed by atoms with Crippen molar-refractivity contribution in [1.29, 1.82) is 0 Å². The highest BCUT2D eigenvalue weighted by molar-refractivity contribution is 5.78. The van der Waals surface area contributed by atoms with Gasteiger partial charge in [-0.15, -0.1) is 0 Å². The SMILES string of the molecule is CC(NC(=O)CNC(C)(C)C)c1cccc(O)c1. The Labute approximate surface area is 108 Å². The fourth-order valence-electron chi connectivity index (χ4n) is 1.52. The molecule has 0 aliphatic heterocycles. The fourth-order valence-corrected chi connectivity index (χ4v) is 1.52. The normalized spacial score (nSPS) is 13.1. The third-order valence-corrected chi connectivity index (χ3v) is 2.53. The number of phenolic OH excluding ortho intramolecular Hbond substituents is 1. The Morgan fingerprint density at radius 1 is 1.39 bits per heavy atom. The number of amides is 1. The zero-order valence-corrected chi connectivity index (χ0v) is 11.4. The molecule has 3 N–H and O–H groups in total. The summed E-state index contributed by atoms with van der Waals surface area (Å²) in [7, 11) is 0. The van der Waals surface area contributed by atoms with Crippen molar-refractivity contribution in [2.24, 2.45) is 0 Å². The molecule has 0 aliphatic carbocycles. The molecule has 4 nitrogen and oxygen atoms in total. The molecule has 0 spiro atoms. The first-order chi connectivity index (χ1) is 8.28. The fraction of sp³-hybridized carbons (Fsp3) is 0.500. The van der Waals surface area contributed by atoms with Crippen LogP contribution >= 0.6 is 0 Å². The third-order valence-electron chi connectivity index (χ3n) is 2.53. The van der Waals surface area contributed by atoms with E-state index in [0.717, 1.165) is 5.56 Å². The number of rotatable bonds is 4. The van der Waals surface area contributed by atoms with Crippen LogP contribution in [0.25, 0.3) is 0 Å². The maximum Gasteiger partial charge on any atom is 0.234 e. The van der Waals surface area contributed by atoms with Crippen LogP contribution in [-0.4, -0.2) is 23.1 Å². The van der Waals surface area contributed by atoms with Gasteiger partial charge in [0.05, 0.1) is 12.6 Å². The van der Waals surface area contributed by atoms with Gasteiger partial charge in [-0.2, -0.15) is 0 Å².